The van der Waals surface area contributed by atoms with Crippen LogP contribution in [0.3, 0.4) is 0 Å². The number of carbonyl (C=O) groups is 1. The molecule has 3 nitrogen and oxygen atoms in total. The van der Waals surface area contributed by atoms with Gasteiger partial charge in [-0.15, -0.1) is 0 Å². The van der Waals surface area contributed by atoms with Gasteiger partial charge in [-0.05, 0) is 60.2 Å². The predicted octanol–water partition coefficient (Wildman–Crippen LogP) is 3.88. The topological polar surface area (TPSA) is 32.3 Å². The van der Waals surface area contributed by atoms with Crippen LogP contribution in [0.5, 0.6) is 0 Å². The van der Waals surface area contributed by atoms with Crippen LogP contribution in [0.1, 0.15) is 36.5 Å². The lowest BCUT2D eigenvalue weighted by Crippen LogP contribution is -2.59. The average molecular weight is 373 g/mol. The fourth-order valence-corrected chi connectivity index (χ4v) is 4.84. The molecule has 0 spiro atoms. The molecule has 2 heterocycles. The van der Waals surface area contributed by atoms with Gasteiger partial charge in [-0.2, -0.15) is 0 Å². The normalized spacial score (nSPS) is 25.3. The Morgan fingerprint density at radius 3 is 2.73 bits per heavy atom. The van der Waals surface area contributed by atoms with E-state index in [1.54, 1.807) is 6.92 Å². The van der Waals surface area contributed by atoms with Gasteiger partial charge in [0.2, 0.25) is 5.91 Å². The van der Waals surface area contributed by atoms with E-state index in [9.17, 15) is 9.18 Å². The molecule has 2 aromatic carbocycles. The van der Waals surface area contributed by atoms with Crippen LogP contribution in [0.4, 0.5) is 4.39 Å². The fourth-order valence-electron chi connectivity index (χ4n) is 4.67. The Kier molecular flexibility index (Phi) is 4.49. The van der Waals surface area contributed by atoms with Gasteiger partial charge < -0.3 is 5.32 Å². The molecule has 5 heteroatoms. The molecule has 2 atom stereocenters. The molecule has 2 aliphatic rings. The van der Waals surface area contributed by atoms with Crippen LogP contribution in [0.2, 0.25) is 5.02 Å². The Morgan fingerprint density at radius 2 is 2.00 bits per heavy atom. The summed E-state index contributed by atoms with van der Waals surface area (Å²) in [5.74, 6) is -0.257. The maximum atomic E-state index is 13.6. The van der Waals surface area contributed by atoms with Gasteiger partial charge in [0, 0.05) is 31.1 Å². The molecule has 136 valence electrons. The second kappa shape index (κ2) is 6.67. The Hall–Kier alpha value is -1.91. The van der Waals surface area contributed by atoms with E-state index in [0.29, 0.717) is 5.02 Å². The molecule has 2 aromatic rings. The Labute approximate surface area is 158 Å². The first-order chi connectivity index (χ1) is 12.5. The van der Waals surface area contributed by atoms with Crippen LogP contribution in [0, 0.1) is 5.82 Å². The van der Waals surface area contributed by atoms with E-state index < -0.39 is 5.54 Å². The Balaban J connectivity index is 1.89. The zero-order valence-electron chi connectivity index (χ0n) is 14.8. The van der Waals surface area contributed by atoms with Crippen LogP contribution >= 0.6 is 11.6 Å². The molecular weight excluding hydrogens is 351 g/mol. The molecular formula is C21H22ClFN2O. The lowest BCUT2D eigenvalue weighted by molar-refractivity contribution is -0.120. The number of nitrogens with zero attached hydrogens (tertiary/aromatic N) is 1. The van der Waals surface area contributed by atoms with E-state index in [1.807, 2.05) is 24.3 Å². The van der Waals surface area contributed by atoms with Gasteiger partial charge >= 0.3 is 0 Å². The molecule has 0 bridgehead atoms. The number of carbonyl (C=O) groups excluding carboxylic acids is 1. The van der Waals surface area contributed by atoms with Gasteiger partial charge in [0.25, 0.3) is 0 Å². The number of nitrogens with one attached hydrogen (secondary N) is 1. The lowest BCUT2D eigenvalue weighted by Gasteiger charge is -2.53. The predicted molar refractivity (Wildman–Crippen MR) is 101 cm³/mol. The monoisotopic (exact) mass is 372 g/mol. The molecule has 0 saturated carbocycles. The third-order valence-corrected chi connectivity index (χ3v) is 5.96. The number of piperidine rings is 1. The third kappa shape index (κ3) is 2.91. The van der Waals surface area contributed by atoms with E-state index in [2.05, 4.69) is 16.3 Å². The largest absolute Gasteiger partial charge is 0.353 e. The first-order valence-electron chi connectivity index (χ1n) is 9.06. The van der Waals surface area contributed by atoms with Crippen molar-refractivity contribution in [2.75, 3.05) is 13.1 Å². The quantitative estimate of drug-likeness (QED) is 0.867. The Morgan fingerprint density at radius 1 is 1.23 bits per heavy atom. The maximum Gasteiger partial charge on any atom is 0.217 e. The summed E-state index contributed by atoms with van der Waals surface area (Å²) >= 11 is 6.35. The molecule has 4 rings (SSSR count). The van der Waals surface area contributed by atoms with Gasteiger partial charge in [0.15, 0.2) is 0 Å². The van der Waals surface area contributed by atoms with Crippen molar-refractivity contribution in [3.05, 3.63) is 70.0 Å². The SMILES string of the molecule is CC(=O)NC1CCN2CCc3ccc(Cl)cc3C2(c2ccc(F)cc2)C1. The van der Waals surface area contributed by atoms with Crippen molar-refractivity contribution in [1.82, 2.24) is 10.2 Å². The van der Waals surface area contributed by atoms with Crippen LogP contribution in [-0.2, 0) is 16.8 Å². The first-order valence-corrected chi connectivity index (χ1v) is 9.44. The minimum absolute atomic E-state index is 0.0140. The van der Waals surface area contributed by atoms with Gasteiger partial charge in [0.05, 0.1) is 5.54 Å². The van der Waals surface area contributed by atoms with Crippen molar-refractivity contribution >= 4 is 17.5 Å². The number of fused-ring (bicyclic) bond motifs is 3. The van der Waals surface area contributed by atoms with E-state index >= 15 is 0 Å². The number of benzene rings is 2. The van der Waals surface area contributed by atoms with E-state index in [0.717, 1.165) is 37.9 Å². The van der Waals surface area contributed by atoms with Crippen molar-refractivity contribution in [3.63, 3.8) is 0 Å². The number of rotatable bonds is 2. The third-order valence-electron chi connectivity index (χ3n) is 5.73. The van der Waals surface area contributed by atoms with Crippen molar-refractivity contribution < 1.29 is 9.18 Å². The number of hydrogen-bond acceptors (Lipinski definition) is 2. The highest BCUT2D eigenvalue weighted by atomic mass is 35.5. The molecule has 2 aliphatic heterocycles. The Bertz CT molecular complexity index is 838. The summed E-state index contributed by atoms with van der Waals surface area (Å²) in [6.45, 7) is 3.38. The van der Waals surface area contributed by atoms with Crippen molar-refractivity contribution in [2.24, 2.45) is 0 Å². The van der Waals surface area contributed by atoms with Crippen LogP contribution in [-0.4, -0.2) is 29.9 Å². The zero-order chi connectivity index (χ0) is 18.3. The summed E-state index contributed by atoms with van der Waals surface area (Å²) in [7, 11) is 0. The van der Waals surface area contributed by atoms with Crippen LogP contribution in [0.25, 0.3) is 0 Å². The minimum Gasteiger partial charge on any atom is -0.353 e. The summed E-state index contributed by atoms with van der Waals surface area (Å²) in [5, 5.41) is 3.80. The van der Waals surface area contributed by atoms with Crippen molar-refractivity contribution in [2.45, 2.75) is 37.8 Å². The van der Waals surface area contributed by atoms with Crippen molar-refractivity contribution in [3.8, 4) is 0 Å². The summed E-state index contributed by atoms with van der Waals surface area (Å²) in [4.78, 5) is 14.1. The molecule has 0 aromatic heterocycles. The molecule has 0 radical (unpaired) electrons. The smallest absolute Gasteiger partial charge is 0.217 e. The highest BCUT2D eigenvalue weighted by molar-refractivity contribution is 6.30. The summed E-state index contributed by atoms with van der Waals surface area (Å²) < 4.78 is 13.6. The molecule has 2 unspecified atom stereocenters. The van der Waals surface area contributed by atoms with Crippen LogP contribution in [0.15, 0.2) is 42.5 Å². The molecule has 26 heavy (non-hydrogen) atoms. The highest BCUT2D eigenvalue weighted by Gasteiger charge is 2.48. The lowest BCUT2D eigenvalue weighted by atomic mass is 9.69. The van der Waals surface area contributed by atoms with Gasteiger partial charge in [-0.1, -0.05) is 29.8 Å². The maximum absolute atomic E-state index is 13.6. The minimum atomic E-state index is -0.391. The second-order valence-electron chi connectivity index (χ2n) is 7.30. The number of amides is 1. The summed E-state index contributed by atoms with van der Waals surface area (Å²) in [6, 6.07) is 12.9. The second-order valence-corrected chi connectivity index (χ2v) is 7.73. The molecule has 1 N–H and O–H groups in total. The van der Waals surface area contributed by atoms with E-state index in [1.165, 1.54) is 23.3 Å². The van der Waals surface area contributed by atoms with Crippen LogP contribution < -0.4 is 5.32 Å². The molecule has 1 amide bonds. The van der Waals surface area contributed by atoms with E-state index in [-0.39, 0.29) is 17.8 Å². The van der Waals surface area contributed by atoms with Gasteiger partial charge in [-0.25, -0.2) is 4.39 Å². The summed E-state index contributed by atoms with van der Waals surface area (Å²) in [5.41, 5.74) is 3.12. The highest BCUT2D eigenvalue weighted by Crippen LogP contribution is 2.47. The van der Waals surface area contributed by atoms with Gasteiger partial charge in [-0.3, -0.25) is 9.69 Å². The average Bonchev–Trinajstić information content (AvgIpc) is 2.61. The van der Waals surface area contributed by atoms with Crippen molar-refractivity contribution in [1.29, 1.82) is 0 Å². The molecule has 1 fully saturated rings. The van der Waals surface area contributed by atoms with E-state index in [4.69, 9.17) is 11.6 Å². The summed E-state index contributed by atoms with van der Waals surface area (Å²) in [6.07, 6.45) is 2.64. The standard InChI is InChI=1S/C21H22ClFN2O/c1-14(26)24-19-9-11-25-10-8-15-2-5-17(22)12-20(15)21(25,13-19)16-3-6-18(23)7-4-16/h2-7,12,19H,8-11,13H2,1H3,(H,24,26). The number of hydrogen-bond donors (Lipinski definition) is 1. The molecule has 0 aliphatic carbocycles. The first kappa shape index (κ1) is 17.5. The van der Waals surface area contributed by atoms with Gasteiger partial charge in [0.1, 0.15) is 5.82 Å². The molecule has 1 saturated heterocycles. The fraction of sp³-hybridized carbons (Fsp3) is 0.381. The number of halogens is 2. The zero-order valence-corrected chi connectivity index (χ0v) is 15.5.